The van der Waals surface area contributed by atoms with Crippen LogP contribution in [0, 0.1) is 35.8 Å². The van der Waals surface area contributed by atoms with Crippen LogP contribution in [0.1, 0.15) is 6.42 Å². The molecule has 0 fully saturated rings. The van der Waals surface area contributed by atoms with Crippen LogP contribution in [0.5, 0.6) is 0 Å². The van der Waals surface area contributed by atoms with E-state index in [9.17, 15) is 0 Å². The first-order valence-corrected chi connectivity index (χ1v) is 6.28. The molecule has 1 radical (unpaired) electrons. The third-order valence-electron chi connectivity index (χ3n) is 1.48. The first-order chi connectivity index (χ1) is 5.14. The van der Waals surface area contributed by atoms with Crippen LogP contribution < -0.4 is 0 Å². The van der Waals surface area contributed by atoms with Crippen molar-refractivity contribution in [2.75, 3.05) is 14.1 Å². The summed E-state index contributed by atoms with van der Waals surface area (Å²) < 4.78 is 2.27. The summed E-state index contributed by atoms with van der Waals surface area (Å²) in [6, 6.07) is 0. The Kier molecular flexibility index (Phi) is 102. The molecular formula is C13H31Cl2NSiTi-5. The van der Waals surface area contributed by atoms with E-state index in [1.165, 1.54) is 0 Å². The molecule has 0 unspecified atom stereocenters. The largest absolute Gasteiger partial charge is 0.358 e. The van der Waals surface area contributed by atoms with E-state index < -0.39 is 0 Å². The standard InChI is InChI=1S/C5H5.C4H12NSi.4CH3.2ClH.Ti/c1-2-4-5-3-1;1-5(2)6(3)4;;;;;;;/h1-3H,4H2;1-4H3;4*1H3;2*1H;/q-1;;4*-1;;;. The molecule has 1 rings (SSSR count). The molecule has 0 saturated heterocycles. The summed E-state index contributed by atoms with van der Waals surface area (Å²) in [7, 11) is 4.12. The van der Waals surface area contributed by atoms with E-state index in [0.717, 1.165) is 6.42 Å². The van der Waals surface area contributed by atoms with Crippen LogP contribution in [0.4, 0.5) is 0 Å². The van der Waals surface area contributed by atoms with Gasteiger partial charge in [-0.25, -0.2) is 12.2 Å². The fourth-order valence-electron chi connectivity index (χ4n) is 0.340. The van der Waals surface area contributed by atoms with Gasteiger partial charge in [-0.2, -0.15) is 6.08 Å². The molecule has 115 valence electrons. The number of hydrogen-bond acceptors (Lipinski definition) is 1. The predicted octanol–water partition coefficient (Wildman–Crippen LogP) is 4.75. The van der Waals surface area contributed by atoms with Crippen LogP contribution in [-0.2, 0) is 21.7 Å². The Morgan fingerprint density at radius 1 is 1.00 bits per heavy atom. The zero-order valence-electron chi connectivity index (χ0n) is 13.2. The van der Waals surface area contributed by atoms with Crippen molar-refractivity contribution in [3.63, 3.8) is 0 Å². The Morgan fingerprint density at radius 2 is 1.33 bits per heavy atom. The molecule has 1 aliphatic carbocycles. The first-order valence-electron chi connectivity index (χ1n) is 3.84. The van der Waals surface area contributed by atoms with Crippen LogP contribution in [-0.4, -0.2) is 27.6 Å². The molecule has 0 aliphatic heterocycles. The van der Waals surface area contributed by atoms with Gasteiger partial charge in [0.2, 0.25) is 0 Å². The third-order valence-corrected chi connectivity index (χ3v) is 3.27. The smallest absolute Gasteiger partial charge is 0.129 e. The van der Waals surface area contributed by atoms with Gasteiger partial charge in [-0.15, -0.1) is 31.2 Å². The van der Waals surface area contributed by atoms with E-state index in [2.05, 4.69) is 43.9 Å². The molecule has 1 aliphatic rings. The molecule has 0 heterocycles. The zero-order chi connectivity index (χ0) is 8.69. The minimum absolute atomic E-state index is 0. The Balaban J connectivity index is -0.0000000134. The summed E-state index contributed by atoms with van der Waals surface area (Å²) in [6.07, 6.45) is 10.0. The Hall–Kier alpha value is 0.951. The molecule has 0 N–H and O–H groups in total. The molecular weight excluding hydrogens is 317 g/mol. The van der Waals surface area contributed by atoms with E-state index in [1.807, 2.05) is 12.2 Å². The maximum atomic E-state index is 2.99. The molecule has 0 aromatic rings. The third kappa shape index (κ3) is 43.6. The van der Waals surface area contributed by atoms with Crippen LogP contribution in [0.2, 0.25) is 13.1 Å². The van der Waals surface area contributed by atoms with E-state index in [0.29, 0.717) is 0 Å². The van der Waals surface area contributed by atoms with Crippen molar-refractivity contribution >= 4 is 33.8 Å². The summed E-state index contributed by atoms with van der Waals surface area (Å²) in [4.78, 5) is 0. The monoisotopic (exact) mass is 347 g/mol. The fraction of sp³-hybridized carbons (Fsp3) is 0.385. The van der Waals surface area contributed by atoms with Crippen molar-refractivity contribution in [3.05, 3.63) is 54.0 Å². The Morgan fingerprint density at radius 3 is 1.39 bits per heavy atom. The fourth-order valence-corrected chi connectivity index (χ4v) is 0.340. The quantitative estimate of drug-likeness (QED) is 0.488. The second-order valence-corrected chi connectivity index (χ2v) is 5.63. The van der Waals surface area contributed by atoms with E-state index in [4.69, 9.17) is 0 Å². The van der Waals surface area contributed by atoms with Crippen LogP contribution in [0.25, 0.3) is 0 Å². The van der Waals surface area contributed by atoms with E-state index in [1.54, 1.807) is 0 Å². The topological polar surface area (TPSA) is 3.24 Å². The molecule has 0 bridgehead atoms. The van der Waals surface area contributed by atoms with Gasteiger partial charge in [-0.3, -0.25) is 6.08 Å². The number of hydrogen-bond donors (Lipinski definition) is 0. The van der Waals surface area contributed by atoms with Gasteiger partial charge in [0.15, 0.2) is 0 Å². The molecule has 0 amide bonds. The normalized spacial score (nSPS) is 8.56. The number of rotatable bonds is 1. The van der Waals surface area contributed by atoms with Gasteiger partial charge in [-0.1, -0.05) is 13.1 Å². The molecule has 5 heteroatoms. The Bertz CT molecular complexity index is 136. The maximum absolute atomic E-state index is 2.99. The van der Waals surface area contributed by atoms with Crippen molar-refractivity contribution in [2.24, 2.45) is 0 Å². The van der Waals surface area contributed by atoms with Crippen LogP contribution in [0.3, 0.4) is 0 Å². The molecule has 18 heavy (non-hydrogen) atoms. The second kappa shape index (κ2) is 36.1. The maximum Gasteiger partial charge on any atom is 0.129 e. The van der Waals surface area contributed by atoms with Gasteiger partial charge in [0, 0.05) is 21.7 Å². The summed E-state index contributed by atoms with van der Waals surface area (Å²) in [5.41, 5.74) is 0. The van der Waals surface area contributed by atoms with Crippen LogP contribution in [0.15, 0.2) is 18.2 Å². The zero-order valence-corrected chi connectivity index (χ0v) is 17.4. The molecule has 0 aromatic heterocycles. The summed E-state index contributed by atoms with van der Waals surface area (Å²) in [6.45, 7) is 4.54. The van der Waals surface area contributed by atoms with Gasteiger partial charge < -0.3 is 34.3 Å². The average Bonchev–Trinajstić information content (AvgIpc) is 2.41. The molecule has 0 atom stereocenters. The summed E-state index contributed by atoms with van der Waals surface area (Å²) in [5.74, 6) is 0. The SMILES string of the molecule is CN(C)[Si](C)C.Cl.Cl.[C-]1=CC=CC1.[CH3-].[CH3-].[CH3-].[CH3-].[Ti]. The number of allylic oxidation sites excluding steroid dienone is 4. The molecule has 0 aromatic carbocycles. The van der Waals surface area contributed by atoms with Gasteiger partial charge in [-0.05, 0) is 14.1 Å². The van der Waals surface area contributed by atoms with E-state index >= 15 is 0 Å². The van der Waals surface area contributed by atoms with Crippen LogP contribution >= 0.6 is 24.8 Å². The van der Waals surface area contributed by atoms with Gasteiger partial charge in [0.1, 0.15) is 8.96 Å². The van der Waals surface area contributed by atoms with Gasteiger partial charge in [0.25, 0.3) is 0 Å². The molecule has 0 spiro atoms. The first kappa shape index (κ1) is 50.9. The minimum atomic E-state index is -0.118. The van der Waals surface area contributed by atoms with Gasteiger partial charge >= 0.3 is 0 Å². The van der Waals surface area contributed by atoms with Crippen molar-refractivity contribution in [3.8, 4) is 0 Å². The minimum Gasteiger partial charge on any atom is -0.358 e. The number of halogens is 2. The summed E-state index contributed by atoms with van der Waals surface area (Å²) >= 11 is 0. The Labute approximate surface area is 147 Å². The molecule has 1 nitrogen and oxygen atoms in total. The molecule has 0 saturated carbocycles. The van der Waals surface area contributed by atoms with Gasteiger partial charge in [0.05, 0.1) is 0 Å². The van der Waals surface area contributed by atoms with E-state index in [-0.39, 0.29) is 85.2 Å². The van der Waals surface area contributed by atoms with Crippen molar-refractivity contribution in [1.82, 2.24) is 4.57 Å². The summed E-state index contributed by atoms with van der Waals surface area (Å²) in [5, 5.41) is 0. The average molecular weight is 348 g/mol. The van der Waals surface area contributed by atoms with Crippen molar-refractivity contribution < 1.29 is 21.7 Å². The predicted molar refractivity (Wildman–Crippen MR) is 92.9 cm³/mol. The van der Waals surface area contributed by atoms with Crippen molar-refractivity contribution in [1.29, 1.82) is 0 Å². The second-order valence-electron chi connectivity index (χ2n) is 2.84. The van der Waals surface area contributed by atoms with Crippen molar-refractivity contribution in [2.45, 2.75) is 19.5 Å². The number of nitrogens with zero attached hydrogens (tertiary/aromatic N) is 1.